The van der Waals surface area contributed by atoms with E-state index >= 15 is 0 Å². The first-order valence-corrected chi connectivity index (χ1v) is 8.70. The van der Waals surface area contributed by atoms with Crippen molar-refractivity contribution in [2.45, 2.75) is 36.6 Å². The molecule has 0 spiro atoms. The highest BCUT2D eigenvalue weighted by molar-refractivity contribution is 7.85. The van der Waals surface area contributed by atoms with Crippen LogP contribution in [0.5, 0.6) is 0 Å². The molecule has 1 aliphatic carbocycles. The predicted molar refractivity (Wildman–Crippen MR) is 82.5 cm³/mol. The summed E-state index contributed by atoms with van der Waals surface area (Å²) in [4.78, 5) is 0.646. The molecular formula is C14H19Cl2NOS. The van der Waals surface area contributed by atoms with E-state index < -0.39 is 10.8 Å². The summed E-state index contributed by atoms with van der Waals surface area (Å²) < 4.78 is 12.5. The Morgan fingerprint density at radius 3 is 2.68 bits per heavy atom. The fraction of sp³-hybridized carbons (Fsp3) is 0.571. The zero-order chi connectivity index (χ0) is 13.8. The summed E-state index contributed by atoms with van der Waals surface area (Å²) in [6, 6.07) is 5.43. The van der Waals surface area contributed by atoms with E-state index in [0.29, 0.717) is 32.7 Å². The van der Waals surface area contributed by atoms with Crippen LogP contribution in [0.3, 0.4) is 0 Å². The Kier molecular flexibility index (Phi) is 5.70. The van der Waals surface area contributed by atoms with Crippen molar-refractivity contribution in [3.05, 3.63) is 28.2 Å². The highest BCUT2D eigenvalue weighted by atomic mass is 35.5. The van der Waals surface area contributed by atoms with Crippen LogP contribution in [0, 0.1) is 5.92 Å². The molecular weight excluding hydrogens is 301 g/mol. The van der Waals surface area contributed by atoms with Gasteiger partial charge in [0, 0.05) is 16.8 Å². The number of hydrogen-bond donors (Lipinski definition) is 1. The van der Waals surface area contributed by atoms with Gasteiger partial charge in [0.25, 0.3) is 0 Å². The average Bonchev–Trinajstić information content (AvgIpc) is 2.92. The van der Waals surface area contributed by atoms with Crippen LogP contribution in [0.15, 0.2) is 23.1 Å². The lowest BCUT2D eigenvalue weighted by Gasteiger charge is -2.22. The van der Waals surface area contributed by atoms with Crippen LogP contribution >= 0.6 is 23.2 Å². The quantitative estimate of drug-likeness (QED) is 0.892. The van der Waals surface area contributed by atoms with E-state index in [0.717, 1.165) is 0 Å². The molecule has 5 heteroatoms. The zero-order valence-electron chi connectivity index (χ0n) is 11.0. The van der Waals surface area contributed by atoms with Crippen LogP contribution in [0.25, 0.3) is 0 Å². The minimum atomic E-state index is -1.11. The summed E-state index contributed by atoms with van der Waals surface area (Å²) in [5.74, 6) is 1.23. The molecule has 0 radical (unpaired) electrons. The van der Waals surface area contributed by atoms with E-state index in [4.69, 9.17) is 23.2 Å². The van der Waals surface area contributed by atoms with Gasteiger partial charge in [-0.05, 0) is 44.0 Å². The second-order valence-electron chi connectivity index (χ2n) is 5.03. The highest BCUT2D eigenvalue weighted by Crippen LogP contribution is 2.30. The molecule has 1 saturated carbocycles. The topological polar surface area (TPSA) is 29.1 Å². The van der Waals surface area contributed by atoms with Crippen molar-refractivity contribution in [1.82, 2.24) is 5.32 Å². The normalized spacial score (nSPS) is 19.5. The molecule has 19 heavy (non-hydrogen) atoms. The Morgan fingerprint density at radius 1 is 1.37 bits per heavy atom. The van der Waals surface area contributed by atoms with Gasteiger partial charge in [0.05, 0.1) is 20.7 Å². The lowest BCUT2D eigenvalue weighted by molar-refractivity contribution is 0.408. The third kappa shape index (κ3) is 3.94. The number of rotatable bonds is 5. The van der Waals surface area contributed by atoms with E-state index in [1.165, 1.54) is 25.7 Å². The largest absolute Gasteiger partial charge is 0.316 e. The van der Waals surface area contributed by atoms with Gasteiger partial charge in [-0.1, -0.05) is 36.0 Å². The van der Waals surface area contributed by atoms with Crippen LogP contribution in [0.2, 0.25) is 10.0 Å². The second-order valence-corrected chi connectivity index (χ2v) is 7.33. The van der Waals surface area contributed by atoms with Crippen LogP contribution in [0.1, 0.15) is 25.7 Å². The van der Waals surface area contributed by atoms with Gasteiger partial charge in [-0.25, -0.2) is 0 Å². The van der Waals surface area contributed by atoms with E-state index in [9.17, 15) is 4.21 Å². The van der Waals surface area contributed by atoms with Gasteiger partial charge in [-0.3, -0.25) is 4.21 Å². The molecule has 0 aromatic heterocycles. The van der Waals surface area contributed by atoms with Crippen molar-refractivity contribution in [3.63, 3.8) is 0 Å². The molecule has 1 aromatic rings. The van der Waals surface area contributed by atoms with Gasteiger partial charge in [-0.2, -0.15) is 0 Å². The lowest BCUT2D eigenvalue weighted by atomic mass is 10.0. The predicted octanol–water partition coefficient (Wildman–Crippen LogP) is 3.88. The first-order chi connectivity index (χ1) is 9.11. The van der Waals surface area contributed by atoms with E-state index in [-0.39, 0.29) is 0 Å². The Bertz CT molecular complexity index is 461. The molecule has 2 atom stereocenters. The smallest absolute Gasteiger partial charge is 0.0589 e. The summed E-state index contributed by atoms with van der Waals surface area (Å²) >= 11 is 12.1. The molecule has 0 amide bonds. The number of halogens is 2. The molecule has 2 nitrogen and oxygen atoms in total. The first-order valence-electron chi connectivity index (χ1n) is 6.62. The minimum absolute atomic E-state index is 0.290. The lowest BCUT2D eigenvalue weighted by Crippen LogP contribution is -2.37. The Morgan fingerprint density at radius 2 is 2.05 bits per heavy atom. The third-order valence-corrected chi connectivity index (χ3v) is 5.98. The molecule has 2 rings (SSSR count). The van der Waals surface area contributed by atoms with Gasteiger partial charge >= 0.3 is 0 Å². The Hall–Kier alpha value is -0.0900. The van der Waals surface area contributed by atoms with Crippen molar-refractivity contribution >= 4 is 34.0 Å². The molecule has 0 aliphatic heterocycles. The Labute approximate surface area is 127 Å². The van der Waals surface area contributed by atoms with Gasteiger partial charge in [-0.15, -0.1) is 0 Å². The molecule has 1 N–H and O–H groups in total. The molecule has 2 unspecified atom stereocenters. The maximum Gasteiger partial charge on any atom is 0.0589 e. The fourth-order valence-corrected chi connectivity index (χ4v) is 4.82. The number of hydrogen-bond acceptors (Lipinski definition) is 2. The summed E-state index contributed by atoms with van der Waals surface area (Å²) in [7, 11) is 0.834. The number of nitrogens with one attached hydrogen (secondary N) is 1. The monoisotopic (exact) mass is 319 g/mol. The van der Waals surface area contributed by atoms with Crippen LogP contribution in [-0.2, 0) is 10.8 Å². The van der Waals surface area contributed by atoms with Crippen molar-refractivity contribution in [2.24, 2.45) is 5.92 Å². The van der Waals surface area contributed by atoms with E-state index in [2.05, 4.69) is 5.32 Å². The molecule has 0 bridgehead atoms. The summed E-state index contributed by atoms with van der Waals surface area (Å²) in [6.45, 7) is 0. The van der Waals surface area contributed by atoms with Crippen molar-refractivity contribution in [3.8, 4) is 0 Å². The minimum Gasteiger partial charge on any atom is -0.316 e. The molecule has 1 aliphatic rings. The van der Waals surface area contributed by atoms with E-state index in [1.807, 2.05) is 7.05 Å². The van der Waals surface area contributed by atoms with Gasteiger partial charge in [0.2, 0.25) is 0 Å². The maximum absolute atomic E-state index is 12.5. The van der Waals surface area contributed by atoms with Crippen molar-refractivity contribution in [2.75, 3.05) is 12.8 Å². The Balaban J connectivity index is 2.08. The van der Waals surface area contributed by atoms with Gasteiger partial charge < -0.3 is 5.32 Å². The molecule has 1 aromatic carbocycles. The van der Waals surface area contributed by atoms with E-state index in [1.54, 1.807) is 18.2 Å². The number of benzene rings is 1. The zero-order valence-corrected chi connectivity index (χ0v) is 13.3. The standard InChI is InChI=1S/C14H19Cl2NOS/c1-17-13(10-4-2-3-5-10)9-19(18)14-8-11(15)6-7-12(14)16/h6-8,10,13,17H,2-5,9H2,1H3. The van der Waals surface area contributed by atoms with Crippen LogP contribution < -0.4 is 5.32 Å². The van der Waals surface area contributed by atoms with Crippen LogP contribution in [0.4, 0.5) is 0 Å². The SMILES string of the molecule is CNC(CS(=O)c1cc(Cl)ccc1Cl)C1CCCC1. The van der Waals surface area contributed by atoms with Gasteiger partial charge in [0.1, 0.15) is 0 Å². The summed E-state index contributed by atoms with van der Waals surface area (Å²) in [6.07, 6.45) is 5.03. The summed E-state index contributed by atoms with van der Waals surface area (Å²) in [5, 5.41) is 4.42. The fourth-order valence-electron chi connectivity index (χ4n) is 2.72. The van der Waals surface area contributed by atoms with Crippen molar-refractivity contribution in [1.29, 1.82) is 0 Å². The van der Waals surface area contributed by atoms with Crippen LogP contribution in [-0.4, -0.2) is 23.1 Å². The van der Waals surface area contributed by atoms with Crippen molar-refractivity contribution < 1.29 is 4.21 Å². The maximum atomic E-state index is 12.5. The molecule has 106 valence electrons. The van der Waals surface area contributed by atoms with Gasteiger partial charge in [0.15, 0.2) is 0 Å². The average molecular weight is 320 g/mol. The third-order valence-electron chi connectivity index (χ3n) is 3.81. The molecule has 0 heterocycles. The second kappa shape index (κ2) is 7.07. The highest BCUT2D eigenvalue weighted by Gasteiger charge is 2.26. The molecule has 0 saturated heterocycles. The first kappa shape index (κ1) is 15.3. The molecule has 1 fully saturated rings. The summed E-state index contributed by atoms with van der Waals surface area (Å²) in [5.41, 5.74) is 0.